The molecule has 1 aliphatic rings. The Hall–Kier alpha value is -3.48. The van der Waals surface area contributed by atoms with E-state index in [0.717, 1.165) is 5.56 Å². The van der Waals surface area contributed by atoms with Crippen LogP contribution in [0.5, 0.6) is 11.5 Å². The number of rotatable bonds is 6. The Morgan fingerprint density at radius 2 is 1.77 bits per heavy atom. The third-order valence-corrected chi connectivity index (χ3v) is 6.21. The van der Waals surface area contributed by atoms with Crippen LogP contribution in [0.4, 0.5) is 5.69 Å². The van der Waals surface area contributed by atoms with Crippen LogP contribution >= 0.6 is 23.2 Å². The number of amides is 1. The molecular weight excluding hydrogens is 489 g/mol. The molecule has 6 nitrogen and oxygen atoms in total. The Kier molecular flexibility index (Phi) is 7.05. The van der Waals surface area contributed by atoms with Gasteiger partial charge in [0.2, 0.25) is 0 Å². The van der Waals surface area contributed by atoms with Gasteiger partial charge in [-0.2, -0.15) is 0 Å². The van der Waals surface area contributed by atoms with Crippen LogP contribution in [-0.4, -0.2) is 30.5 Å². The Labute approximate surface area is 213 Å². The quantitative estimate of drug-likeness (QED) is 0.237. The number of hydrogen-bond acceptors (Lipinski definition) is 5. The predicted octanol–water partition coefficient (Wildman–Crippen LogP) is 6.34. The van der Waals surface area contributed by atoms with Crippen LogP contribution in [0.25, 0.3) is 5.76 Å². The number of halogens is 2. The zero-order chi connectivity index (χ0) is 25.3. The largest absolute Gasteiger partial charge is 0.507 e. The molecule has 1 atom stereocenters. The van der Waals surface area contributed by atoms with Crippen molar-refractivity contribution < 1.29 is 24.2 Å². The number of benzene rings is 3. The van der Waals surface area contributed by atoms with Crippen LogP contribution in [-0.2, 0) is 9.59 Å². The highest BCUT2D eigenvalue weighted by Gasteiger charge is 2.47. The first-order valence-electron chi connectivity index (χ1n) is 10.9. The van der Waals surface area contributed by atoms with Crippen molar-refractivity contribution in [3.8, 4) is 11.5 Å². The zero-order valence-corrected chi connectivity index (χ0v) is 20.9. The van der Waals surface area contributed by atoms with E-state index in [9.17, 15) is 14.7 Å². The minimum absolute atomic E-state index is 0.109. The van der Waals surface area contributed by atoms with Crippen molar-refractivity contribution in [1.29, 1.82) is 0 Å². The number of nitrogens with zero attached hydrogens (tertiary/aromatic N) is 1. The molecule has 35 heavy (non-hydrogen) atoms. The van der Waals surface area contributed by atoms with Crippen LogP contribution in [0.2, 0.25) is 10.0 Å². The molecule has 8 heteroatoms. The van der Waals surface area contributed by atoms with Gasteiger partial charge in [0.15, 0.2) is 0 Å². The van der Waals surface area contributed by atoms with Crippen molar-refractivity contribution in [1.82, 2.24) is 0 Å². The minimum Gasteiger partial charge on any atom is -0.507 e. The molecule has 1 aliphatic heterocycles. The maximum Gasteiger partial charge on any atom is 0.300 e. The molecule has 180 valence electrons. The summed E-state index contributed by atoms with van der Waals surface area (Å²) in [6.07, 6.45) is 0. The maximum atomic E-state index is 13.4. The van der Waals surface area contributed by atoms with E-state index < -0.39 is 23.5 Å². The van der Waals surface area contributed by atoms with Crippen molar-refractivity contribution in [3.05, 3.63) is 93.0 Å². The highest BCUT2D eigenvalue weighted by molar-refractivity contribution is 6.52. The van der Waals surface area contributed by atoms with Gasteiger partial charge >= 0.3 is 0 Å². The van der Waals surface area contributed by atoms with Crippen molar-refractivity contribution in [2.24, 2.45) is 0 Å². The monoisotopic (exact) mass is 511 g/mol. The van der Waals surface area contributed by atoms with Crippen LogP contribution in [0, 0.1) is 6.92 Å². The molecule has 1 N–H and O–H groups in total. The van der Waals surface area contributed by atoms with Gasteiger partial charge in [0.05, 0.1) is 35.9 Å². The number of ketones is 1. The third kappa shape index (κ3) is 4.59. The van der Waals surface area contributed by atoms with Crippen molar-refractivity contribution in [3.63, 3.8) is 0 Å². The van der Waals surface area contributed by atoms with Gasteiger partial charge in [-0.05, 0) is 55.8 Å². The van der Waals surface area contributed by atoms with Crippen molar-refractivity contribution in [2.75, 3.05) is 18.6 Å². The molecule has 1 amide bonds. The lowest BCUT2D eigenvalue weighted by molar-refractivity contribution is -0.132. The Morgan fingerprint density at radius 1 is 1.06 bits per heavy atom. The summed E-state index contributed by atoms with van der Waals surface area (Å²) in [6, 6.07) is 16.3. The molecule has 0 aromatic heterocycles. The molecule has 0 bridgehead atoms. The summed E-state index contributed by atoms with van der Waals surface area (Å²) in [6.45, 7) is 4.23. The van der Waals surface area contributed by atoms with E-state index in [-0.39, 0.29) is 26.9 Å². The van der Waals surface area contributed by atoms with Gasteiger partial charge in [0.25, 0.3) is 11.7 Å². The second kappa shape index (κ2) is 10.0. The van der Waals surface area contributed by atoms with Crippen LogP contribution in [0.3, 0.4) is 0 Å². The highest BCUT2D eigenvalue weighted by Crippen LogP contribution is 2.45. The summed E-state index contributed by atoms with van der Waals surface area (Å²) >= 11 is 12.5. The molecule has 4 rings (SSSR count). The minimum atomic E-state index is -0.930. The first-order chi connectivity index (χ1) is 16.8. The fraction of sp³-hybridized carbons (Fsp3) is 0.185. The predicted molar refractivity (Wildman–Crippen MR) is 137 cm³/mol. The first-order valence-corrected chi connectivity index (χ1v) is 11.7. The smallest absolute Gasteiger partial charge is 0.300 e. The topological polar surface area (TPSA) is 76.1 Å². The number of Topliss-reactive ketones (excluding diaryl/α,β-unsaturated/α-hetero) is 1. The molecule has 1 saturated heterocycles. The van der Waals surface area contributed by atoms with Gasteiger partial charge in [0, 0.05) is 10.7 Å². The molecule has 3 aromatic carbocycles. The SMILES string of the molecule is CCOc1cccc(C2/C(=C(\O)c3cc(Cl)cc(Cl)c3OC)C(=O)C(=O)N2c2ccc(C)cc2)c1. The number of methoxy groups -OCH3 is 1. The molecule has 1 fully saturated rings. The number of carbonyl (C=O) groups is 2. The maximum absolute atomic E-state index is 13.4. The summed E-state index contributed by atoms with van der Waals surface area (Å²) < 4.78 is 11.0. The summed E-state index contributed by atoms with van der Waals surface area (Å²) in [7, 11) is 1.39. The molecule has 1 unspecified atom stereocenters. The summed E-state index contributed by atoms with van der Waals surface area (Å²) in [5.41, 5.74) is 2.10. The van der Waals surface area contributed by atoms with E-state index in [1.54, 1.807) is 36.4 Å². The second-order valence-electron chi connectivity index (χ2n) is 7.98. The Morgan fingerprint density at radius 3 is 2.43 bits per heavy atom. The van der Waals surface area contributed by atoms with Crippen LogP contribution in [0.1, 0.15) is 29.7 Å². The fourth-order valence-corrected chi connectivity index (χ4v) is 4.72. The molecule has 0 saturated carbocycles. The molecular formula is C27H23Cl2NO5. The normalized spacial score (nSPS) is 17.1. The van der Waals surface area contributed by atoms with Gasteiger partial charge in [0.1, 0.15) is 17.3 Å². The summed E-state index contributed by atoms with van der Waals surface area (Å²) in [4.78, 5) is 28.1. The average Bonchev–Trinajstić information content (AvgIpc) is 3.09. The van der Waals surface area contributed by atoms with Crippen LogP contribution in [0.15, 0.2) is 66.2 Å². The number of ether oxygens (including phenoxy) is 2. The summed E-state index contributed by atoms with van der Waals surface area (Å²) in [5, 5.41) is 11.8. The number of aliphatic hydroxyl groups excluding tert-OH is 1. The van der Waals surface area contributed by atoms with E-state index >= 15 is 0 Å². The number of aliphatic hydroxyl groups is 1. The van der Waals surface area contributed by atoms with Gasteiger partial charge in [-0.3, -0.25) is 14.5 Å². The number of hydrogen-bond donors (Lipinski definition) is 1. The van der Waals surface area contributed by atoms with Gasteiger partial charge < -0.3 is 14.6 Å². The van der Waals surface area contributed by atoms with Gasteiger partial charge in [-0.15, -0.1) is 0 Å². The number of anilines is 1. The van der Waals surface area contributed by atoms with E-state index in [2.05, 4.69) is 0 Å². The summed E-state index contributed by atoms with van der Waals surface area (Å²) in [5.74, 6) is -1.34. The van der Waals surface area contributed by atoms with E-state index in [4.69, 9.17) is 32.7 Å². The average molecular weight is 512 g/mol. The van der Waals surface area contributed by atoms with E-state index in [1.165, 1.54) is 24.1 Å². The lowest BCUT2D eigenvalue weighted by Crippen LogP contribution is -2.29. The Balaban J connectivity index is 2.00. The van der Waals surface area contributed by atoms with E-state index in [1.807, 2.05) is 26.0 Å². The van der Waals surface area contributed by atoms with Gasteiger partial charge in [-0.1, -0.05) is 53.0 Å². The van der Waals surface area contributed by atoms with Crippen LogP contribution < -0.4 is 14.4 Å². The zero-order valence-electron chi connectivity index (χ0n) is 19.3. The van der Waals surface area contributed by atoms with Crippen molar-refractivity contribution in [2.45, 2.75) is 19.9 Å². The fourth-order valence-electron chi connectivity index (χ4n) is 4.15. The molecule has 0 radical (unpaired) electrons. The molecule has 0 spiro atoms. The van der Waals surface area contributed by atoms with E-state index in [0.29, 0.717) is 23.6 Å². The Bertz CT molecular complexity index is 1330. The third-order valence-electron chi connectivity index (χ3n) is 5.71. The lowest BCUT2D eigenvalue weighted by Gasteiger charge is -2.26. The molecule has 0 aliphatic carbocycles. The number of carbonyl (C=O) groups excluding carboxylic acids is 2. The van der Waals surface area contributed by atoms with Crippen molar-refractivity contribution >= 4 is 46.3 Å². The first kappa shape index (κ1) is 24.6. The highest BCUT2D eigenvalue weighted by atomic mass is 35.5. The molecule has 3 aromatic rings. The standard InChI is InChI=1S/C27H23Cl2NO5/c1-4-35-19-7-5-6-16(12-19)23-22(24(31)20-13-17(28)14-21(29)26(20)34-3)25(32)27(33)30(23)18-10-8-15(2)9-11-18/h5-14,23,31H,4H2,1-3H3/b24-22+. The van der Waals surface area contributed by atoms with Gasteiger partial charge in [-0.25, -0.2) is 0 Å². The lowest BCUT2D eigenvalue weighted by atomic mass is 9.94. The molecule has 1 heterocycles. The second-order valence-corrected chi connectivity index (χ2v) is 8.82. The number of aryl methyl sites for hydroxylation is 1.